The van der Waals surface area contributed by atoms with E-state index in [2.05, 4.69) is 16.1 Å². The fraction of sp³-hybridized carbons (Fsp3) is 0.750. The highest BCUT2D eigenvalue weighted by Crippen LogP contribution is 2.60. The Kier molecular flexibility index (Phi) is 2.68. The molecule has 0 amide bonds. The monoisotopic (exact) mass is 271 g/mol. The molecule has 4 heteroatoms. The van der Waals surface area contributed by atoms with Crippen LogP contribution in [0, 0.1) is 30.1 Å². The largest absolute Gasteiger partial charge is 0.338 e. The van der Waals surface area contributed by atoms with Gasteiger partial charge in [0.25, 0.3) is 0 Å². The fourth-order valence-electron chi connectivity index (χ4n) is 5.20. The first kappa shape index (κ1) is 12.4. The average Bonchev–Trinajstić information content (AvgIpc) is 2.87. The third-order valence-corrected chi connectivity index (χ3v) is 5.61. The Hall–Kier alpha value is -1.34. The lowest BCUT2D eigenvalue weighted by Gasteiger charge is -2.55. The van der Waals surface area contributed by atoms with Gasteiger partial charge in [-0.05, 0) is 56.3 Å². The van der Waals surface area contributed by atoms with Crippen LogP contribution in [0.25, 0.3) is 0 Å². The number of nitrogens with zero attached hydrogens (tertiary/aromatic N) is 2. The van der Waals surface area contributed by atoms with E-state index in [-0.39, 0.29) is 11.5 Å². The first-order valence-corrected chi connectivity index (χ1v) is 7.71. The Morgan fingerprint density at radius 1 is 1.25 bits per heavy atom. The van der Waals surface area contributed by atoms with E-state index < -0.39 is 0 Å². The van der Waals surface area contributed by atoms with Crippen LogP contribution in [0.4, 0.5) is 0 Å². The van der Waals surface area contributed by atoms with Gasteiger partial charge < -0.3 is 10.3 Å². The van der Waals surface area contributed by atoms with Gasteiger partial charge in [0, 0.05) is 11.8 Å². The molecule has 4 fully saturated rings. The van der Waals surface area contributed by atoms with Crippen molar-refractivity contribution in [2.75, 3.05) is 0 Å². The second kappa shape index (κ2) is 4.33. The van der Waals surface area contributed by atoms with Crippen molar-refractivity contribution in [1.82, 2.24) is 10.1 Å². The molecule has 2 N–H and O–H groups in total. The molecule has 106 valence electrons. The minimum absolute atomic E-state index is 0.173. The number of nitrogens with two attached hydrogens (primary N) is 1. The highest BCUT2D eigenvalue weighted by molar-refractivity contribution is 5.17. The highest BCUT2D eigenvalue weighted by atomic mass is 16.5. The van der Waals surface area contributed by atoms with E-state index in [4.69, 9.17) is 16.7 Å². The van der Waals surface area contributed by atoms with E-state index in [9.17, 15) is 0 Å². The van der Waals surface area contributed by atoms with E-state index >= 15 is 0 Å². The van der Waals surface area contributed by atoms with Crippen molar-refractivity contribution < 1.29 is 4.52 Å². The molecule has 4 bridgehead atoms. The molecule has 0 saturated heterocycles. The first-order chi connectivity index (χ1) is 9.68. The molecule has 0 radical (unpaired) electrons. The van der Waals surface area contributed by atoms with Crippen molar-refractivity contribution in [1.29, 1.82) is 0 Å². The molecule has 4 aliphatic rings. The van der Waals surface area contributed by atoms with Gasteiger partial charge in [0.2, 0.25) is 5.89 Å². The van der Waals surface area contributed by atoms with Gasteiger partial charge in [-0.1, -0.05) is 5.16 Å². The third kappa shape index (κ3) is 1.80. The molecule has 4 nitrogen and oxygen atoms in total. The van der Waals surface area contributed by atoms with Crippen LogP contribution in [0.5, 0.6) is 0 Å². The van der Waals surface area contributed by atoms with Gasteiger partial charge in [-0.3, -0.25) is 0 Å². The lowest BCUT2D eigenvalue weighted by molar-refractivity contribution is -0.0103. The van der Waals surface area contributed by atoms with E-state index in [0.717, 1.165) is 23.6 Å². The smallest absolute Gasteiger partial charge is 0.244 e. The summed E-state index contributed by atoms with van der Waals surface area (Å²) in [5.74, 6) is 6.60. The van der Waals surface area contributed by atoms with Gasteiger partial charge in [-0.2, -0.15) is 4.98 Å². The maximum Gasteiger partial charge on any atom is 0.244 e. The van der Waals surface area contributed by atoms with E-state index in [0.29, 0.717) is 12.3 Å². The molecule has 1 atom stereocenters. The SMILES string of the molecule is C#CCC(N)c1nc(C23CC4CC(CC(C4)C2)C3)no1. The van der Waals surface area contributed by atoms with Crippen LogP contribution in [0.15, 0.2) is 4.52 Å². The molecule has 0 spiro atoms. The molecule has 1 heterocycles. The second-order valence-electron chi connectivity index (χ2n) is 7.17. The van der Waals surface area contributed by atoms with Crippen LogP contribution in [-0.4, -0.2) is 10.1 Å². The van der Waals surface area contributed by atoms with Gasteiger partial charge in [0.05, 0.1) is 6.04 Å². The number of terminal acetylenes is 1. The van der Waals surface area contributed by atoms with Crippen LogP contribution in [0.2, 0.25) is 0 Å². The fourth-order valence-corrected chi connectivity index (χ4v) is 5.20. The van der Waals surface area contributed by atoms with Crippen LogP contribution in [-0.2, 0) is 5.41 Å². The Labute approximate surface area is 119 Å². The van der Waals surface area contributed by atoms with E-state index in [1.165, 1.54) is 38.5 Å². The van der Waals surface area contributed by atoms with Crippen LogP contribution >= 0.6 is 0 Å². The number of aromatic nitrogens is 2. The molecule has 20 heavy (non-hydrogen) atoms. The summed E-state index contributed by atoms with van der Waals surface area (Å²) in [6.07, 6.45) is 13.7. The zero-order valence-corrected chi connectivity index (χ0v) is 11.7. The summed E-state index contributed by atoms with van der Waals surface area (Å²) in [6, 6.07) is -0.324. The molecular formula is C16H21N3O. The maximum atomic E-state index is 5.97. The van der Waals surface area contributed by atoms with Crippen LogP contribution < -0.4 is 5.73 Å². The summed E-state index contributed by atoms with van der Waals surface area (Å²) in [6.45, 7) is 0. The molecule has 5 rings (SSSR count). The summed E-state index contributed by atoms with van der Waals surface area (Å²) in [5, 5.41) is 4.27. The molecule has 1 aromatic rings. The second-order valence-corrected chi connectivity index (χ2v) is 7.17. The Balaban J connectivity index is 1.63. The van der Waals surface area contributed by atoms with Crippen molar-refractivity contribution in [2.45, 2.75) is 56.4 Å². The van der Waals surface area contributed by atoms with Crippen molar-refractivity contribution in [3.05, 3.63) is 11.7 Å². The van der Waals surface area contributed by atoms with Crippen LogP contribution in [0.3, 0.4) is 0 Å². The quantitative estimate of drug-likeness (QED) is 0.858. The Bertz CT molecular complexity index is 521. The predicted octanol–water partition coefficient (Wildman–Crippen LogP) is 2.56. The van der Waals surface area contributed by atoms with Crippen molar-refractivity contribution in [3.63, 3.8) is 0 Å². The lowest BCUT2D eigenvalue weighted by Crippen LogP contribution is -2.49. The van der Waals surface area contributed by atoms with Gasteiger partial charge >= 0.3 is 0 Å². The Morgan fingerprint density at radius 2 is 1.85 bits per heavy atom. The topological polar surface area (TPSA) is 64.9 Å². The van der Waals surface area contributed by atoms with Crippen molar-refractivity contribution in [2.24, 2.45) is 23.5 Å². The molecule has 4 saturated carbocycles. The number of hydrogen-bond acceptors (Lipinski definition) is 4. The maximum absolute atomic E-state index is 5.97. The summed E-state index contributed by atoms with van der Waals surface area (Å²) < 4.78 is 5.39. The predicted molar refractivity (Wildman–Crippen MR) is 74.5 cm³/mol. The van der Waals surface area contributed by atoms with Crippen molar-refractivity contribution in [3.8, 4) is 12.3 Å². The lowest BCUT2D eigenvalue weighted by atomic mass is 9.49. The molecular weight excluding hydrogens is 250 g/mol. The van der Waals surface area contributed by atoms with Gasteiger partial charge in [-0.15, -0.1) is 12.3 Å². The minimum Gasteiger partial charge on any atom is -0.338 e. The highest BCUT2D eigenvalue weighted by Gasteiger charge is 2.53. The zero-order chi connectivity index (χ0) is 13.7. The van der Waals surface area contributed by atoms with E-state index in [1.807, 2.05) is 0 Å². The first-order valence-electron chi connectivity index (χ1n) is 7.71. The number of hydrogen-bond donors (Lipinski definition) is 1. The van der Waals surface area contributed by atoms with Gasteiger partial charge in [-0.25, -0.2) is 0 Å². The van der Waals surface area contributed by atoms with Crippen LogP contribution in [0.1, 0.15) is 62.7 Å². The number of rotatable bonds is 3. The van der Waals surface area contributed by atoms with E-state index in [1.54, 1.807) is 0 Å². The molecule has 1 aromatic heterocycles. The molecule has 0 aliphatic heterocycles. The average molecular weight is 271 g/mol. The summed E-state index contributed by atoms with van der Waals surface area (Å²) in [7, 11) is 0. The van der Waals surface area contributed by atoms with Gasteiger partial charge in [0.15, 0.2) is 5.82 Å². The third-order valence-electron chi connectivity index (χ3n) is 5.61. The molecule has 4 aliphatic carbocycles. The summed E-state index contributed by atoms with van der Waals surface area (Å²) in [4.78, 5) is 4.62. The van der Waals surface area contributed by atoms with Gasteiger partial charge in [0.1, 0.15) is 0 Å². The summed E-state index contributed by atoms with van der Waals surface area (Å²) >= 11 is 0. The summed E-state index contributed by atoms with van der Waals surface area (Å²) in [5.41, 5.74) is 6.14. The molecule has 0 aromatic carbocycles. The Morgan fingerprint density at radius 3 is 2.40 bits per heavy atom. The van der Waals surface area contributed by atoms with Crippen molar-refractivity contribution >= 4 is 0 Å². The standard InChI is InChI=1S/C16H21N3O/c1-2-3-13(17)14-18-15(19-20-14)16-7-10-4-11(8-16)6-12(5-10)9-16/h1,10-13H,3-9,17H2. The minimum atomic E-state index is -0.324. The zero-order valence-electron chi connectivity index (χ0n) is 11.7. The normalized spacial score (nSPS) is 39.7. The molecule has 1 unspecified atom stereocenters.